The summed E-state index contributed by atoms with van der Waals surface area (Å²) in [6.07, 6.45) is 1.36. The molecule has 0 fully saturated rings. The lowest BCUT2D eigenvalue weighted by atomic mass is 10.1. The first kappa shape index (κ1) is 13.4. The molecular weight excluding hydrogens is 241 g/mol. The number of hydrogen-bond acceptors (Lipinski definition) is 2. The van der Waals surface area contributed by atoms with E-state index in [9.17, 15) is 9.18 Å². The highest BCUT2D eigenvalue weighted by molar-refractivity contribution is 5.58. The Morgan fingerprint density at radius 3 is 2.47 bits per heavy atom. The van der Waals surface area contributed by atoms with Crippen LogP contribution < -0.4 is 5.32 Å². The minimum Gasteiger partial charge on any atom is -0.303 e. The van der Waals surface area contributed by atoms with Crippen molar-refractivity contribution >= 4 is 6.29 Å². The Morgan fingerprint density at radius 1 is 1.05 bits per heavy atom. The van der Waals surface area contributed by atoms with Gasteiger partial charge in [-0.2, -0.15) is 0 Å². The Hall–Kier alpha value is -2.00. The Bertz CT molecular complexity index is 527. The molecule has 2 aromatic rings. The second-order valence-electron chi connectivity index (χ2n) is 4.44. The fraction of sp³-hybridized carbons (Fsp3) is 0.188. The Labute approximate surface area is 112 Å². The first-order valence-electron chi connectivity index (χ1n) is 6.25. The van der Waals surface area contributed by atoms with Gasteiger partial charge in [0, 0.05) is 6.54 Å². The van der Waals surface area contributed by atoms with Crippen molar-refractivity contribution in [1.82, 2.24) is 5.32 Å². The summed E-state index contributed by atoms with van der Waals surface area (Å²) in [4.78, 5) is 11.1. The van der Waals surface area contributed by atoms with E-state index in [2.05, 4.69) is 5.32 Å². The second kappa shape index (κ2) is 6.81. The van der Waals surface area contributed by atoms with Gasteiger partial charge < -0.3 is 10.1 Å². The Kier molecular flexibility index (Phi) is 4.81. The molecule has 2 aromatic carbocycles. The average molecular weight is 257 g/mol. The van der Waals surface area contributed by atoms with Crippen LogP contribution >= 0.6 is 0 Å². The zero-order valence-corrected chi connectivity index (χ0v) is 10.6. The SMILES string of the molecule is O=CC(Cc1cccc(F)c1)NCc1ccccc1. The summed E-state index contributed by atoms with van der Waals surface area (Å²) < 4.78 is 13.1. The number of aldehydes is 1. The van der Waals surface area contributed by atoms with Crippen LogP contribution in [0, 0.1) is 5.82 Å². The molecule has 0 saturated carbocycles. The zero-order valence-electron chi connectivity index (χ0n) is 10.6. The molecule has 1 N–H and O–H groups in total. The van der Waals surface area contributed by atoms with Gasteiger partial charge in [0.05, 0.1) is 6.04 Å². The summed E-state index contributed by atoms with van der Waals surface area (Å²) in [5, 5.41) is 3.16. The maximum absolute atomic E-state index is 13.1. The quantitative estimate of drug-likeness (QED) is 0.806. The van der Waals surface area contributed by atoms with Crippen molar-refractivity contribution in [3.63, 3.8) is 0 Å². The maximum atomic E-state index is 13.1. The largest absolute Gasteiger partial charge is 0.303 e. The molecular formula is C16H16FNO. The third kappa shape index (κ3) is 4.30. The van der Waals surface area contributed by atoms with E-state index in [0.717, 1.165) is 17.4 Å². The molecule has 1 unspecified atom stereocenters. The van der Waals surface area contributed by atoms with Gasteiger partial charge in [-0.15, -0.1) is 0 Å². The van der Waals surface area contributed by atoms with Crippen LogP contribution in [0.5, 0.6) is 0 Å². The van der Waals surface area contributed by atoms with Crippen molar-refractivity contribution in [3.8, 4) is 0 Å². The van der Waals surface area contributed by atoms with Crippen molar-refractivity contribution in [1.29, 1.82) is 0 Å². The van der Waals surface area contributed by atoms with Crippen molar-refractivity contribution < 1.29 is 9.18 Å². The molecule has 0 aromatic heterocycles. The molecule has 2 rings (SSSR count). The molecule has 0 aliphatic heterocycles. The van der Waals surface area contributed by atoms with E-state index < -0.39 is 0 Å². The van der Waals surface area contributed by atoms with Crippen molar-refractivity contribution in [2.24, 2.45) is 0 Å². The van der Waals surface area contributed by atoms with Crippen LogP contribution in [0.1, 0.15) is 11.1 Å². The Morgan fingerprint density at radius 2 is 1.79 bits per heavy atom. The lowest BCUT2D eigenvalue weighted by Gasteiger charge is -2.12. The minimum absolute atomic E-state index is 0.273. The number of carbonyl (C=O) groups is 1. The molecule has 0 spiro atoms. The number of benzene rings is 2. The van der Waals surface area contributed by atoms with Gasteiger partial charge in [-0.3, -0.25) is 0 Å². The van der Waals surface area contributed by atoms with Gasteiger partial charge in [0.1, 0.15) is 12.1 Å². The van der Waals surface area contributed by atoms with Gasteiger partial charge in [-0.1, -0.05) is 42.5 Å². The third-order valence-corrected chi connectivity index (χ3v) is 2.92. The van der Waals surface area contributed by atoms with Crippen LogP contribution in [-0.2, 0) is 17.8 Å². The van der Waals surface area contributed by atoms with Crippen LogP contribution in [0.3, 0.4) is 0 Å². The van der Waals surface area contributed by atoms with Crippen LogP contribution in [0.4, 0.5) is 4.39 Å². The first-order chi connectivity index (χ1) is 9.28. The molecule has 0 radical (unpaired) electrons. The summed E-state index contributed by atoms with van der Waals surface area (Å²) in [6.45, 7) is 0.625. The predicted octanol–water partition coefficient (Wildman–Crippen LogP) is 2.73. The number of rotatable bonds is 6. The molecule has 0 saturated heterocycles. The zero-order chi connectivity index (χ0) is 13.5. The van der Waals surface area contributed by atoms with E-state index in [-0.39, 0.29) is 11.9 Å². The van der Waals surface area contributed by atoms with E-state index in [1.807, 2.05) is 36.4 Å². The van der Waals surface area contributed by atoms with Crippen molar-refractivity contribution in [2.45, 2.75) is 19.0 Å². The van der Waals surface area contributed by atoms with Gasteiger partial charge in [0.15, 0.2) is 0 Å². The highest BCUT2D eigenvalue weighted by Gasteiger charge is 2.08. The molecule has 0 bridgehead atoms. The van der Waals surface area contributed by atoms with E-state index >= 15 is 0 Å². The number of hydrogen-bond donors (Lipinski definition) is 1. The topological polar surface area (TPSA) is 29.1 Å². The Balaban J connectivity index is 1.92. The van der Waals surface area contributed by atoms with Gasteiger partial charge in [-0.25, -0.2) is 4.39 Å². The molecule has 0 amide bonds. The molecule has 0 heterocycles. The lowest BCUT2D eigenvalue weighted by Crippen LogP contribution is -2.32. The molecule has 0 aliphatic carbocycles. The molecule has 0 aliphatic rings. The number of carbonyl (C=O) groups excluding carboxylic acids is 1. The number of halogens is 1. The normalized spacial score (nSPS) is 12.1. The molecule has 1 atom stereocenters. The predicted molar refractivity (Wildman–Crippen MR) is 73.2 cm³/mol. The molecule has 98 valence electrons. The van der Waals surface area contributed by atoms with Crippen LogP contribution in [0.25, 0.3) is 0 Å². The summed E-state index contributed by atoms with van der Waals surface area (Å²) >= 11 is 0. The lowest BCUT2D eigenvalue weighted by molar-refractivity contribution is -0.109. The fourth-order valence-corrected chi connectivity index (χ4v) is 1.93. The number of nitrogens with one attached hydrogen (secondary N) is 1. The summed E-state index contributed by atoms with van der Waals surface area (Å²) in [6, 6.07) is 15.9. The second-order valence-corrected chi connectivity index (χ2v) is 4.44. The van der Waals surface area contributed by atoms with Gasteiger partial charge >= 0.3 is 0 Å². The van der Waals surface area contributed by atoms with E-state index in [4.69, 9.17) is 0 Å². The van der Waals surface area contributed by atoms with Crippen LogP contribution in [0.2, 0.25) is 0 Å². The minimum atomic E-state index is -0.304. The van der Waals surface area contributed by atoms with E-state index in [0.29, 0.717) is 13.0 Å². The van der Waals surface area contributed by atoms with E-state index in [1.165, 1.54) is 12.1 Å². The first-order valence-corrected chi connectivity index (χ1v) is 6.25. The third-order valence-electron chi connectivity index (χ3n) is 2.92. The molecule has 3 heteroatoms. The van der Waals surface area contributed by atoms with Crippen molar-refractivity contribution in [3.05, 3.63) is 71.5 Å². The van der Waals surface area contributed by atoms with Crippen LogP contribution in [-0.4, -0.2) is 12.3 Å². The van der Waals surface area contributed by atoms with Crippen LogP contribution in [0.15, 0.2) is 54.6 Å². The van der Waals surface area contributed by atoms with Gasteiger partial charge in [0.25, 0.3) is 0 Å². The smallest absolute Gasteiger partial charge is 0.137 e. The van der Waals surface area contributed by atoms with Gasteiger partial charge in [0.2, 0.25) is 0 Å². The maximum Gasteiger partial charge on any atom is 0.137 e. The monoisotopic (exact) mass is 257 g/mol. The summed E-state index contributed by atoms with van der Waals surface area (Å²) in [7, 11) is 0. The highest BCUT2D eigenvalue weighted by Crippen LogP contribution is 2.06. The highest BCUT2D eigenvalue weighted by atomic mass is 19.1. The fourth-order valence-electron chi connectivity index (χ4n) is 1.93. The summed E-state index contributed by atoms with van der Waals surface area (Å²) in [5.74, 6) is -0.273. The molecule has 2 nitrogen and oxygen atoms in total. The standard InChI is InChI=1S/C16H16FNO/c17-15-8-4-7-14(9-15)10-16(12-19)18-11-13-5-2-1-3-6-13/h1-9,12,16,18H,10-11H2. The van der Waals surface area contributed by atoms with E-state index in [1.54, 1.807) is 6.07 Å². The summed E-state index contributed by atoms with van der Waals surface area (Å²) in [5.41, 5.74) is 1.94. The average Bonchev–Trinajstić information content (AvgIpc) is 2.44. The van der Waals surface area contributed by atoms with Gasteiger partial charge in [-0.05, 0) is 29.7 Å². The van der Waals surface area contributed by atoms with Crippen molar-refractivity contribution in [2.75, 3.05) is 0 Å². The molecule has 19 heavy (non-hydrogen) atoms.